The van der Waals surface area contributed by atoms with Crippen molar-refractivity contribution in [3.05, 3.63) is 66.1 Å². The summed E-state index contributed by atoms with van der Waals surface area (Å²) in [6, 6.07) is 10.6. The van der Waals surface area contributed by atoms with Crippen molar-refractivity contribution in [3.8, 4) is 28.6 Å². The van der Waals surface area contributed by atoms with Crippen LogP contribution in [0.25, 0.3) is 11.4 Å². The summed E-state index contributed by atoms with van der Waals surface area (Å²) in [5.41, 5.74) is 1.77. The summed E-state index contributed by atoms with van der Waals surface area (Å²) in [6.07, 6.45) is 2.22. The first-order valence-electron chi connectivity index (χ1n) is 9.68. The molecular weight excluding hydrogens is 400 g/mol. The predicted octanol–water partition coefficient (Wildman–Crippen LogP) is 4.24. The van der Waals surface area contributed by atoms with Gasteiger partial charge in [0.2, 0.25) is 5.82 Å². The van der Waals surface area contributed by atoms with Crippen LogP contribution in [0, 0.1) is 0 Å². The number of carbonyl (C=O) groups is 1. The topological polar surface area (TPSA) is 92.9 Å². The van der Waals surface area contributed by atoms with Crippen LogP contribution < -0.4 is 14.2 Å². The average molecular weight is 424 g/mol. The van der Waals surface area contributed by atoms with E-state index >= 15 is 0 Å². The number of aromatic nitrogens is 2. The standard InChI is InChI=1S/C23H24N2O6/c1-5-9-15-12-16(13-19(27-3)21(15)28-4)23(26)30-14-20-24-22(25-31-20)17-10-7-8-11-18(17)29-6-2/h5,7-8,10-13H,1,6,9,14H2,2-4H3. The lowest BCUT2D eigenvalue weighted by atomic mass is 10.1. The molecule has 0 saturated carbocycles. The fourth-order valence-electron chi connectivity index (χ4n) is 3.03. The van der Waals surface area contributed by atoms with Crippen LogP contribution in [0.15, 0.2) is 53.6 Å². The molecule has 0 amide bonds. The van der Waals surface area contributed by atoms with Crippen LogP contribution in [-0.2, 0) is 17.8 Å². The third-order valence-electron chi connectivity index (χ3n) is 4.38. The maximum Gasteiger partial charge on any atom is 0.338 e. The Balaban J connectivity index is 1.75. The van der Waals surface area contributed by atoms with Gasteiger partial charge in [0.15, 0.2) is 18.1 Å². The molecule has 1 aromatic heterocycles. The van der Waals surface area contributed by atoms with Crippen molar-refractivity contribution < 1.29 is 28.3 Å². The van der Waals surface area contributed by atoms with Gasteiger partial charge in [0.1, 0.15) is 5.75 Å². The van der Waals surface area contributed by atoms with E-state index in [0.717, 1.165) is 5.56 Å². The van der Waals surface area contributed by atoms with Crippen LogP contribution in [0.2, 0.25) is 0 Å². The number of nitrogens with zero attached hydrogens (tertiary/aromatic N) is 2. The maximum atomic E-state index is 12.6. The number of rotatable bonds is 10. The van der Waals surface area contributed by atoms with Crippen molar-refractivity contribution >= 4 is 5.97 Å². The molecular formula is C23H24N2O6. The first kappa shape index (κ1) is 21.9. The van der Waals surface area contributed by atoms with Crippen molar-refractivity contribution in [2.45, 2.75) is 20.0 Å². The van der Waals surface area contributed by atoms with Crippen molar-refractivity contribution in [3.63, 3.8) is 0 Å². The molecule has 0 fully saturated rings. The van der Waals surface area contributed by atoms with E-state index < -0.39 is 5.97 Å². The minimum absolute atomic E-state index is 0.168. The molecule has 3 aromatic rings. The fraction of sp³-hybridized carbons (Fsp3) is 0.261. The number of allylic oxidation sites excluding steroid dienone is 1. The summed E-state index contributed by atoms with van der Waals surface area (Å²) < 4.78 is 26.9. The second-order valence-corrected chi connectivity index (χ2v) is 6.38. The van der Waals surface area contributed by atoms with Crippen molar-refractivity contribution in [2.24, 2.45) is 0 Å². The largest absolute Gasteiger partial charge is 0.493 e. The van der Waals surface area contributed by atoms with Crippen molar-refractivity contribution in [1.29, 1.82) is 0 Å². The van der Waals surface area contributed by atoms with Gasteiger partial charge >= 0.3 is 5.97 Å². The van der Waals surface area contributed by atoms with E-state index in [1.165, 1.54) is 7.11 Å². The van der Waals surface area contributed by atoms with E-state index in [-0.39, 0.29) is 12.5 Å². The summed E-state index contributed by atoms with van der Waals surface area (Å²) in [5.74, 6) is 1.60. The number of carbonyl (C=O) groups excluding carboxylic acids is 1. The van der Waals surface area contributed by atoms with Gasteiger partial charge < -0.3 is 23.5 Å². The van der Waals surface area contributed by atoms with E-state index in [2.05, 4.69) is 16.7 Å². The van der Waals surface area contributed by atoms with Crippen LogP contribution in [0.4, 0.5) is 0 Å². The highest BCUT2D eigenvalue weighted by molar-refractivity contribution is 5.90. The third kappa shape index (κ3) is 5.03. The van der Waals surface area contributed by atoms with Gasteiger partial charge in [-0.2, -0.15) is 4.98 Å². The Morgan fingerprint density at radius 3 is 2.68 bits per heavy atom. The van der Waals surface area contributed by atoms with Crippen LogP contribution in [0.5, 0.6) is 17.2 Å². The summed E-state index contributed by atoms with van der Waals surface area (Å²) >= 11 is 0. The van der Waals surface area contributed by atoms with E-state index in [1.807, 2.05) is 31.2 Å². The van der Waals surface area contributed by atoms with Crippen molar-refractivity contribution in [2.75, 3.05) is 20.8 Å². The summed E-state index contributed by atoms with van der Waals surface area (Å²) in [4.78, 5) is 16.9. The molecule has 0 saturated heterocycles. The predicted molar refractivity (Wildman–Crippen MR) is 113 cm³/mol. The molecule has 0 spiro atoms. The molecule has 0 atom stereocenters. The van der Waals surface area contributed by atoms with Crippen molar-refractivity contribution in [1.82, 2.24) is 10.1 Å². The Bertz CT molecular complexity index is 1060. The molecule has 0 aliphatic rings. The summed E-state index contributed by atoms with van der Waals surface area (Å²) in [5, 5.41) is 3.96. The Morgan fingerprint density at radius 1 is 1.16 bits per heavy atom. The van der Waals surface area contributed by atoms with E-state index in [4.69, 9.17) is 23.5 Å². The van der Waals surface area contributed by atoms with Gasteiger partial charge in [-0.3, -0.25) is 0 Å². The second kappa shape index (κ2) is 10.3. The second-order valence-electron chi connectivity index (χ2n) is 6.38. The van der Waals surface area contributed by atoms with E-state index in [9.17, 15) is 4.79 Å². The zero-order valence-corrected chi connectivity index (χ0v) is 17.7. The fourth-order valence-corrected chi connectivity index (χ4v) is 3.03. The van der Waals surface area contributed by atoms with Crippen LogP contribution in [-0.4, -0.2) is 36.9 Å². The Kier molecular flexibility index (Phi) is 7.26. The first-order valence-corrected chi connectivity index (χ1v) is 9.68. The number of benzene rings is 2. The third-order valence-corrected chi connectivity index (χ3v) is 4.38. The van der Waals surface area contributed by atoms with Gasteiger partial charge in [-0.15, -0.1) is 6.58 Å². The monoisotopic (exact) mass is 424 g/mol. The number of esters is 1. The lowest BCUT2D eigenvalue weighted by Gasteiger charge is -2.13. The van der Waals surface area contributed by atoms with Crippen LogP contribution in [0.1, 0.15) is 28.7 Å². The zero-order valence-electron chi connectivity index (χ0n) is 17.7. The molecule has 8 heteroatoms. The lowest BCUT2D eigenvalue weighted by Crippen LogP contribution is -2.07. The van der Waals surface area contributed by atoms with Gasteiger partial charge in [-0.05, 0) is 37.6 Å². The van der Waals surface area contributed by atoms with E-state index in [1.54, 1.807) is 25.3 Å². The Morgan fingerprint density at radius 2 is 1.97 bits per heavy atom. The highest BCUT2D eigenvalue weighted by Crippen LogP contribution is 2.33. The molecule has 162 valence electrons. The number of hydrogen-bond donors (Lipinski definition) is 0. The number of ether oxygens (including phenoxy) is 4. The highest BCUT2D eigenvalue weighted by Gasteiger charge is 2.18. The van der Waals surface area contributed by atoms with Gasteiger partial charge in [-0.25, -0.2) is 4.79 Å². The normalized spacial score (nSPS) is 10.4. The molecule has 2 aromatic carbocycles. The Labute approximate surface area is 180 Å². The molecule has 31 heavy (non-hydrogen) atoms. The Hall–Kier alpha value is -3.81. The maximum absolute atomic E-state index is 12.6. The highest BCUT2D eigenvalue weighted by atomic mass is 16.6. The number of hydrogen-bond acceptors (Lipinski definition) is 8. The van der Waals surface area contributed by atoms with Gasteiger partial charge in [0.05, 0.1) is 32.0 Å². The van der Waals surface area contributed by atoms with Gasteiger partial charge in [0.25, 0.3) is 5.89 Å². The van der Waals surface area contributed by atoms with Crippen LogP contribution >= 0.6 is 0 Å². The zero-order chi connectivity index (χ0) is 22.2. The molecule has 0 aliphatic heterocycles. The first-order chi connectivity index (χ1) is 15.1. The van der Waals surface area contributed by atoms with Gasteiger partial charge in [-0.1, -0.05) is 23.4 Å². The summed E-state index contributed by atoms with van der Waals surface area (Å²) in [7, 11) is 3.05. The van der Waals surface area contributed by atoms with Gasteiger partial charge in [0, 0.05) is 5.56 Å². The SMILES string of the molecule is C=CCc1cc(C(=O)OCc2nc(-c3ccccc3OCC)no2)cc(OC)c1OC. The molecule has 1 heterocycles. The number of para-hydroxylation sites is 1. The minimum Gasteiger partial charge on any atom is -0.493 e. The minimum atomic E-state index is -0.555. The molecule has 0 N–H and O–H groups in total. The summed E-state index contributed by atoms with van der Waals surface area (Å²) in [6.45, 7) is 5.97. The molecule has 0 radical (unpaired) electrons. The number of methoxy groups -OCH3 is 2. The average Bonchev–Trinajstić information content (AvgIpc) is 3.26. The smallest absolute Gasteiger partial charge is 0.338 e. The van der Waals surface area contributed by atoms with E-state index in [0.29, 0.717) is 47.2 Å². The molecule has 8 nitrogen and oxygen atoms in total. The van der Waals surface area contributed by atoms with Crippen LogP contribution in [0.3, 0.4) is 0 Å². The quantitative estimate of drug-likeness (QED) is 0.352. The molecule has 0 unspecified atom stereocenters. The molecule has 0 bridgehead atoms. The molecule has 0 aliphatic carbocycles. The lowest BCUT2D eigenvalue weighted by molar-refractivity contribution is 0.0429. The molecule has 3 rings (SSSR count).